The van der Waals surface area contributed by atoms with Crippen molar-refractivity contribution in [1.82, 2.24) is 5.32 Å². The molecule has 0 spiro atoms. The van der Waals surface area contributed by atoms with Crippen LogP contribution >= 0.6 is 0 Å². The second kappa shape index (κ2) is 7.01. The smallest absolute Gasteiger partial charge is 0.319 e. The van der Waals surface area contributed by atoms with Crippen LogP contribution in [0.2, 0.25) is 0 Å². The molecule has 0 aliphatic heterocycles. The zero-order valence-corrected chi connectivity index (χ0v) is 11.4. The second-order valence-corrected chi connectivity index (χ2v) is 4.41. The Bertz CT molecular complexity index is 402. The Balaban J connectivity index is 2.67. The summed E-state index contributed by atoms with van der Waals surface area (Å²) in [5.74, 6) is 1.05. The lowest BCUT2D eigenvalue weighted by Gasteiger charge is -2.13. The number of carbonyl (C=O) groups is 1. The van der Waals surface area contributed by atoms with E-state index in [0.29, 0.717) is 12.5 Å². The van der Waals surface area contributed by atoms with Crippen molar-refractivity contribution in [3.63, 3.8) is 0 Å². The normalized spacial score (nSPS) is 10.5. The number of carbonyl (C=O) groups excluding carboxylic acids is 1. The van der Waals surface area contributed by atoms with E-state index in [1.165, 1.54) is 12.7 Å². The van der Waals surface area contributed by atoms with E-state index in [1.807, 2.05) is 12.1 Å². The average molecular weight is 251 g/mol. The number of methoxy groups -OCH3 is 2. The number of hydrogen-bond donors (Lipinski definition) is 1. The fourth-order valence-corrected chi connectivity index (χ4v) is 1.73. The standard InChI is InChI=1S/C14H21NO3/c1-10(2)12-7-11(5-6-13(12)17-3)8-15-9-14(16)18-4/h5-7,10,15H,8-9H2,1-4H3. The molecular weight excluding hydrogens is 230 g/mol. The topological polar surface area (TPSA) is 47.6 Å². The summed E-state index contributed by atoms with van der Waals surface area (Å²) in [6, 6.07) is 6.06. The van der Waals surface area contributed by atoms with E-state index in [4.69, 9.17) is 4.74 Å². The number of rotatable bonds is 6. The van der Waals surface area contributed by atoms with Gasteiger partial charge in [0.1, 0.15) is 5.75 Å². The van der Waals surface area contributed by atoms with Gasteiger partial charge in [-0.3, -0.25) is 4.79 Å². The van der Waals surface area contributed by atoms with Crippen LogP contribution in [0, 0.1) is 0 Å². The van der Waals surface area contributed by atoms with Crippen LogP contribution in [0.15, 0.2) is 18.2 Å². The molecule has 0 heterocycles. The molecule has 0 atom stereocenters. The van der Waals surface area contributed by atoms with Gasteiger partial charge in [0.15, 0.2) is 0 Å². The fraction of sp³-hybridized carbons (Fsp3) is 0.500. The highest BCUT2D eigenvalue weighted by atomic mass is 16.5. The van der Waals surface area contributed by atoms with Gasteiger partial charge in [0.2, 0.25) is 0 Å². The minimum Gasteiger partial charge on any atom is -0.496 e. The molecule has 0 amide bonds. The molecule has 100 valence electrons. The Morgan fingerprint density at radius 2 is 2.06 bits per heavy atom. The van der Waals surface area contributed by atoms with Gasteiger partial charge in [-0.15, -0.1) is 0 Å². The van der Waals surface area contributed by atoms with Crippen molar-refractivity contribution in [2.45, 2.75) is 26.3 Å². The third kappa shape index (κ3) is 4.04. The molecule has 4 heteroatoms. The largest absolute Gasteiger partial charge is 0.496 e. The van der Waals surface area contributed by atoms with Crippen LogP contribution in [0.5, 0.6) is 5.75 Å². The van der Waals surface area contributed by atoms with Crippen LogP contribution < -0.4 is 10.1 Å². The Hall–Kier alpha value is -1.55. The third-order valence-electron chi connectivity index (χ3n) is 2.74. The minimum atomic E-state index is -0.257. The minimum absolute atomic E-state index is 0.222. The molecule has 1 rings (SSSR count). The van der Waals surface area contributed by atoms with E-state index in [9.17, 15) is 4.79 Å². The van der Waals surface area contributed by atoms with Crippen molar-refractivity contribution < 1.29 is 14.3 Å². The zero-order valence-electron chi connectivity index (χ0n) is 11.4. The van der Waals surface area contributed by atoms with Crippen molar-refractivity contribution in [2.75, 3.05) is 20.8 Å². The van der Waals surface area contributed by atoms with Gasteiger partial charge in [-0.1, -0.05) is 26.0 Å². The molecular formula is C14H21NO3. The third-order valence-corrected chi connectivity index (χ3v) is 2.74. The van der Waals surface area contributed by atoms with Crippen LogP contribution in [-0.4, -0.2) is 26.7 Å². The average Bonchev–Trinajstić information content (AvgIpc) is 2.38. The van der Waals surface area contributed by atoms with Crippen LogP contribution in [0.1, 0.15) is 30.9 Å². The maximum absolute atomic E-state index is 11.0. The molecule has 0 aliphatic carbocycles. The highest BCUT2D eigenvalue weighted by Crippen LogP contribution is 2.27. The summed E-state index contributed by atoms with van der Waals surface area (Å²) in [5, 5.41) is 3.04. The van der Waals surface area contributed by atoms with Crippen LogP contribution in [0.3, 0.4) is 0 Å². The summed E-state index contributed by atoms with van der Waals surface area (Å²) in [6.07, 6.45) is 0. The molecule has 0 bridgehead atoms. The van der Waals surface area contributed by atoms with Gasteiger partial charge in [0.05, 0.1) is 20.8 Å². The summed E-state index contributed by atoms with van der Waals surface area (Å²) in [4.78, 5) is 11.0. The molecule has 0 fully saturated rings. The molecule has 1 aromatic rings. The van der Waals surface area contributed by atoms with Crippen molar-refractivity contribution in [2.24, 2.45) is 0 Å². The number of nitrogens with one attached hydrogen (secondary N) is 1. The number of hydrogen-bond acceptors (Lipinski definition) is 4. The van der Waals surface area contributed by atoms with Gasteiger partial charge in [-0.25, -0.2) is 0 Å². The van der Waals surface area contributed by atoms with E-state index in [0.717, 1.165) is 11.3 Å². The molecule has 1 aromatic carbocycles. The van der Waals surface area contributed by atoms with Crippen LogP contribution in [-0.2, 0) is 16.1 Å². The summed E-state index contributed by atoms with van der Waals surface area (Å²) >= 11 is 0. The highest BCUT2D eigenvalue weighted by Gasteiger charge is 2.08. The molecule has 18 heavy (non-hydrogen) atoms. The van der Waals surface area contributed by atoms with Crippen molar-refractivity contribution >= 4 is 5.97 Å². The van der Waals surface area contributed by atoms with Crippen molar-refractivity contribution in [1.29, 1.82) is 0 Å². The summed E-state index contributed by atoms with van der Waals surface area (Å²) in [5.41, 5.74) is 2.30. The van der Waals surface area contributed by atoms with Gasteiger partial charge in [0, 0.05) is 6.54 Å². The van der Waals surface area contributed by atoms with Crippen molar-refractivity contribution in [3.8, 4) is 5.75 Å². The molecule has 0 aliphatic rings. The Morgan fingerprint density at radius 1 is 1.33 bits per heavy atom. The first-order valence-corrected chi connectivity index (χ1v) is 6.02. The van der Waals surface area contributed by atoms with Gasteiger partial charge >= 0.3 is 5.97 Å². The molecule has 0 radical (unpaired) electrons. The number of benzene rings is 1. The Kier molecular flexibility index (Phi) is 5.65. The predicted molar refractivity (Wildman–Crippen MR) is 70.8 cm³/mol. The number of ether oxygens (including phenoxy) is 2. The maximum Gasteiger partial charge on any atom is 0.319 e. The van der Waals surface area contributed by atoms with Crippen LogP contribution in [0.4, 0.5) is 0 Å². The molecule has 4 nitrogen and oxygen atoms in total. The van der Waals surface area contributed by atoms with Gasteiger partial charge in [-0.2, -0.15) is 0 Å². The lowest BCUT2D eigenvalue weighted by Crippen LogP contribution is -2.23. The first-order valence-electron chi connectivity index (χ1n) is 6.02. The van der Waals surface area contributed by atoms with Crippen LogP contribution in [0.25, 0.3) is 0 Å². The molecule has 0 unspecified atom stereocenters. The van der Waals surface area contributed by atoms with E-state index in [1.54, 1.807) is 7.11 Å². The maximum atomic E-state index is 11.0. The predicted octanol–water partition coefficient (Wildman–Crippen LogP) is 2.08. The highest BCUT2D eigenvalue weighted by molar-refractivity contribution is 5.71. The second-order valence-electron chi connectivity index (χ2n) is 4.41. The van der Waals surface area contributed by atoms with E-state index < -0.39 is 0 Å². The monoisotopic (exact) mass is 251 g/mol. The lowest BCUT2D eigenvalue weighted by molar-refractivity contribution is -0.139. The van der Waals surface area contributed by atoms with E-state index in [2.05, 4.69) is 30.0 Å². The molecule has 0 saturated carbocycles. The molecule has 1 N–H and O–H groups in total. The summed E-state index contributed by atoms with van der Waals surface area (Å²) in [7, 11) is 3.06. The Labute approximate surface area is 108 Å². The van der Waals surface area contributed by atoms with Gasteiger partial charge in [0.25, 0.3) is 0 Å². The summed E-state index contributed by atoms with van der Waals surface area (Å²) in [6.45, 7) is 5.12. The zero-order chi connectivity index (χ0) is 13.5. The van der Waals surface area contributed by atoms with Gasteiger partial charge in [-0.05, 0) is 23.1 Å². The Morgan fingerprint density at radius 3 is 2.61 bits per heavy atom. The summed E-state index contributed by atoms with van der Waals surface area (Å²) < 4.78 is 9.89. The fourth-order valence-electron chi connectivity index (χ4n) is 1.73. The molecule has 0 aromatic heterocycles. The van der Waals surface area contributed by atoms with Crippen molar-refractivity contribution in [3.05, 3.63) is 29.3 Å². The van der Waals surface area contributed by atoms with E-state index in [-0.39, 0.29) is 12.5 Å². The first kappa shape index (κ1) is 14.5. The number of esters is 1. The SMILES string of the molecule is COC(=O)CNCc1ccc(OC)c(C(C)C)c1. The molecule has 0 saturated heterocycles. The first-order chi connectivity index (χ1) is 8.58. The van der Waals surface area contributed by atoms with Gasteiger partial charge < -0.3 is 14.8 Å². The quantitative estimate of drug-likeness (QED) is 0.786. The lowest BCUT2D eigenvalue weighted by atomic mass is 9.99. The van der Waals surface area contributed by atoms with E-state index >= 15 is 0 Å².